The Morgan fingerprint density at radius 2 is 1.07 bits per heavy atom. The van der Waals surface area contributed by atoms with E-state index in [0.29, 0.717) is 6.04 Å². The third kappa shape index (κ3) is 6.92. The zero-order valence-corrected chi connectivity index (χ0v) is 26.0. The molecular formula is C37H49N3. The van der Waals surface area contributed by atoms with Crippen molar-refractivity contribution in [2.45, 2.75) is 105 Å². The number of nitrogens with zero attached hydrogens (tertiary/aromatic N) is 3. The Morgan fingerprint density at radius 3 is 1.50 bits per heavy atom. The van der Waals surface area contributed by atoms with Crippen molar-refractivity contribution in [3.05, 3.63) is 116 Å². The quantitative estimate of drug-likeness (QED) is 0.235. The molecule has 0 spiro atoms. The van der Waals surface area contributed by atoms with Crippen LogP contribution in [0.25, 0.3) is 0 Å². The molecule has 3 heteroatoms. The Labute approximate surface area is 243 Å². The van der Waals surface area contributed by atoms with Gasteiger partial charge >= 0.3 is 0 Å². The average molecular weight is 536 g/mol. The Morgan fingerprint density at radius 1 is 0.625 bits per heavy atom. The molecule has 2 aromatic heterocycles. The summed E-state index contributed by atoms with van der Waals surface area (Å²) in [6.07, 6.45) is 16.3. The molecule has 0 saturated heterocycles. The molecule has 0 amide bonds. The molecule has 0 aliphatic carbocycles. The van der Waals surface area contributed by atoms with Gasteiger partial charge in [-0.2, -0.15) is 0 Å². The van der Waals surface area contributed by atoms with Gasteiger partial charge in [-0.25, -0.2) is 0 Å². The van der Waals surface area contributed by atoms with Crippen LogP contribution in [0.2, 0.25) is 0 Å². The van der Waals surface area contributed by atoms with Crippen molar-refractivity contribution in [3.63, 3.8) is 0 Å². The maximum atomic E-state index is 4.85. The number of rotatable bonds is 12. The summed E-state index contributed by atoms with van der Waals surface area (Å²) in [5, 5.41) is 0. The lowest BCUT2D eigenvalue weighted by Crippen LogP contribution is -2.29. The average Bonchev–Trinajstić information content (AvgIpc) is 2.95. The summed E-state index contributed by atoms with van der Waals surface area (Å²) in [4.78, 5) is 12.1. The molecule has 3 aromatic rings. The maximum Gasteiger partial charge on any atom is 0.0441 e. The number of hydrogen-bond donors (Lipinski definition) is 0. The normalized spacial score (nSPS) is 15.0. The number of hydrogen-bond acceptors (Lipinski definition) is 3. The highest BCUT2D eigenvalue weighted by molar-refractivity contribution is 5.53. The SMILES string of the molecule is CCc1c(CCC2=CC=CC(C)N2C)c(CC)c(CCc2cccc(C)n2)c(CC)c1CCc1cccc(C)n1. The number of pyridine rings is 2. The summed E-state index contributed by atoms with van der Waals surface area (Å²) in [6.45, 7) is 13.5. The van der Waals surface area contributed by atoms with E-state index in [9.17, 15) is 0 Å². The van der Waals surface area contributed by atoms with Gasteiger partial charge in [0.25, 0.3) is 0 Å². The Bertz CT molecular complexity index is 1290. The molecule has 40 heavy (non-hydrogen) atoms. The number of allylic oxidation sites excluding steroid dienone is 3. The lowest BCUT2D eigenvalue weighted by molar-refractivity contribution is 0.354. The summed E-state index contributed by atoms with van der Waals surface area (Å²) in [5.41, 5.74) is 15.6. The van der Waals surface area contributed by atoms with E-state index in [1.807, 2.05) is 0 Å². The summed E-state index contributed by atoms with van der Waals surface area (Å²) < 4.78 is 0. The lowest BCUT2D eigenvalue weighted by Gasteiger charge is -2.31. The Balaban J connectivity index is 1.77. The highest BCUT2D eigenvalue weighted by atomic mass is 15.1. The third-order valence-electron chi connectivity index (χ3n) is 8.77. The second-order valence-electron chi connectivity index (χ2n) is 11.4. The van der Waals surface area contributed by atoms with Crippen LogP contribution in [0, 0.1) is 13.8 Å². The molecule has 4 rings (SSSR count). The van der Waals surface area contributed by atoms with Crippen molar-refractivity contribution in [1.29, 1.82) is 0 Å². The highest BCUT2D eigenvalue weighted by Crippen LogP contribution is 2.34. The van der Waals surface area contributed by atoms with E-state index in [-0.39, 0.29) is 0 Å². The first-order valence-corrected chi connectivity index (χ1v) is 15.5. The van der Waals surface area contributed by atoms with Crippen LogP contribution in [0.4, 0.5) is 0 Å². The fourth-order valence-electron chi connectivity index (χ4n) is 6.61. The first-order valence-electron chi connectivity index (χ1n) is 15.5. The molecule has 0 radical (unpaired) electrons. The molecular weight excluding hydrogens is 486 g/mol. The second kappa shape index (κ2) is 13.9. The van der Waals surface area contributed by atoms with Crippen LogP contribution in [-0.2, 0) is 51.4 Å². The first kappa shape index (κ1) is 29.8. The van der Waals surface area contributed by atoms with Gasteiger partial charge < -0.3 is 4.90 Å². The van der Waals surface area contributed by atoms with Gasteiger partial charge in [0.15, 0.2) is 0 Å². The zero-order valence-electron chi connectivity index (χ0n) is 26.0. The van der Waals surface area contributed by atoms with E-state index in [4.69, 9.17) is 9.97 Å². The maximum absolute atomic E-state index is 4.85. The summed E-state index contributed by atoms with van der Waals surface area (Å²) >= 11 is 0. The van der Waals surface area contributed by atoms with E-state index in [0.717, 1.165) is 69.2 Å². The number of likely N-dealkylation sites (N-methyl/N-ethyl adjacent to an activating group) is 1. The Kier molecular flexibility index (Phi) is 10.4. The molecule has 0 bridgehead atoms. The predicted octanol–water partition coefficient (Wildman–Crippen LogP) is 8.06. The molecule has 3 heterocycles. The van der Waals surface area contributed by atoms with Crippen molar-refractivity contribution in [1.82, 2.24) is 14.9 Å². The topological polar surface area (TPSA) is 29.0 Å². The zero-order chi connectivity index (χ0) is 28.6. The lowest BCUT2D eigenvalue weighted by atomic mass is 9.79. The van der Waals surface area contributed by atoms with Gasteiger partial charge in [-0.3, -0.25) is 9.97 Å². The van der Waals surface area contributed by atoms with E-state index in [1.54, 1.807) is 33.4 Å². The second-order valence-corrected chi connectivity index (χ2v) is 11.4. The third-order valence-corrected chi connectivity index (χ3v) is 8.77. The number of benzene rings is 1. The van der Waals surface area contributed by atoms with Crippen LogP contribution in [0.15, 0.2) is 60.3 Å². The van der Waals surface area contributed by atoms with E-state index in [1.165, 1.54) is 17.1 Å². The predicted molar refractivity (Wildman–Crippen MR) is 170 cm³/mol. The largest absolute Gasteiger partial charge is 0.372 e. The minimum Gasteiger partial charge on any atom is -0.372 e. The highest BCUT2D eigenvalue weighted by Gasteiger charge is 2.22. The van der Waals surface area contributed by atoms with Crippen LogP contribution in [-0.4, -0.2) is 28.0 Å². The minimum absolute atomic E-state index is 0.452. The van der Waals surface area contributed by atoms with Crippen LogP contribution in [0.5, 0.6) is 0 Å². The summed E-state index contributed by atoms with van der Waals surface area (Å²) in [6, 6.07) is 13.3. The van der Waals surface area contributed by atoms with Crippen LogP contribution in [0.1, 0.15) is 90.3 Å². The molecule has 212 valence electrons. The molecule has 1 atom stereocenters. The first-order chi connectivity index (χ1) is 19.4. The molecule has 1 aromatic carbocycles. The van der Waals surface area contributed by atoms with Crippen LogP contribution >= 0.6 is 0 Å². The molecule has 0 N–H and O–H groups in total. The van der Waals surface area contributed by atoms with E-state index < -0.39 is 0 Å². The van der Waals surface area contributed by atoms with Gasteiger partial charge in [0.2, 0.25) is 0 Å². The van der Waals surface area contributed by atoms with Crippen molar-refractivity contribution in [2.75, 3.05) is 7.05 Å². The summed E-state index contributed by atoms with van der Waals surface area (Å²) in [7, 11) is 2.24. The monoisotopic (exact) mass is 535 g/mol. The van der Waals surface area contributed by atoms with Crippen molar-refractivity contribution < 1.29 is 0 Å². The van der Waals surface area contributed by atoms with Crippen molar-refractivity contribution >= 4 is 0 Å². The van der Waals surface area contributed by atoms with Crippen LogP contribution in [0.3, 0.4) is 0 Å². The number of aryl methyl sites for hydroxylation is 4. The minimum atomic E-state index is 0.452. The van der Waals surface area contributed by atoms with E-state index in [2.05, 4.69) is 108 Å². The van der Waals surface area contributed by atoms with Crippen LogP contribution < -0.4 is 0 Å². The molecule has 1 aliphatic heterocycles. The van der Waals surface area contributed by atoms with E-state index >= 15 is 0 Å². The molecule has 3 nitrogen and oxygen atoms in total. The standard InChI is InChI=1S/C37H49N3/c1-8-32-35(23-20-29-17-11-14-26(4)38-29)33(9-2)37(25-22-31-19-13-16-28(6)40(31)7)34(10-3)36(32)24-21-30-18-12-15-27(5)39-30/h11-19,28H,8-10,20-25H2,1-7H3. The molecule has 0 saturated carbocycles. The fraction of sp³-hybridized carbons (Fsp3) is 0.459. The van der Waals surface area contributed by atoms with Gasteiger partial charge in [-0.1, -0.05) is 45.1 Å². The Hall–Kier alpha value is -3.20. The summed E-state index contributed by atoms with van der Waals surface area (Å²) in [5.74, 6) is 0. The van der Waals surface area contributed by atoms with Gasteiger partial charge in [0.1, 0.15) is 0 Å². The fourth-order valence-corrected chi connectivity index (χ4v) is 6.61. The molecule has 0 fully saturated rings. The molecule has 1 unspecified atom stereocenters. The van der Waals surface area contributed by atoms with Crippen molar-refractivity contribution in [3.8, 4) is 0 Å². The smallest absolute Gasteiger partial charge is 0.0441 e. The van der Waals surface area contributed by atoms with Gasteiger partial charge in [0.05, 0.1) is 0 Å². The van der Waals surface area contributed by atoms with Crippen molar-refractivity contribution in [2.24, 2.45) is 0 Å². The molecule has 1 aliphatic rings. The van der Waals surface area contributed by atoms with Gasteiger partial charge in [-0.05, 0) is 142 Å². The van der Waals surface area contributed by atoms with Gasteiger partial charge in [-0.15, -0.1) is 0 Å². The number of aromatic nitrogens is 2. The van der Waals surface area contributed by atoms with Gasteiger partial charge in [0, 0.05) is 41.6 Å².